The molecule has 0 fully saturated rings. The lowest BCUT2D eigenvalue weighted by atomic mass is 10.2. The molecule has 0 aromatic heterocycles. The van der Waals surface area contributed by atoms with E-state index in [1.165, 1.54) is 7.11 Å². The minimum Gasteiger partial charge on any atom is -0.497 e. The number of nitrogens with one attached hydrogen (secondary N) is 1. The second-order valence-electron chi connectivity index (χ2n) is 4.28. The lowest BCUT2D eigenvalue weighted by Gasteiger charge is -2.13. The summed E-state index contributed by atoms with van der Waals surface area (Å²) in [6.45, 7) is 0.297. The third-order valence-corrected chi connectivity index (χ3v) is 3.58. The fraction of sp³-hybridized carbons (Fsp3) is 0.200. The van der Waals surface area contributed by atoms with E-state index in [0.717, 1.165) is 17.7 Å². The Hall–Kier alpha value is -1.82. The van der Waals surface area contributed by atoms with Gasteiger partial charge in [0.05, 0.1) is 24.4 Å². The highest BCUT2D eigenvalue weighted by atomic mass is 79.9. The first-order chi connectivity index (χ1) is 10.0. The molecule has 0 aliphatic rings. The van der Waals surface area contributed by atoms with E-state index in [9.17, 15) is 8.78 Å². The molecule has 21 heavy (non-hydrogen) atoms. The van der Waals surface area contributed by atoms with Crippen LogP contribution in [0.15, 0.2) is 34.8 Å². The Morgan fingerprint density at radius 3 is 2.48 bits per heavy atom. The number of hydrogen-bond acceptors (Lipinski definition) is 3. The summed E-state index contributed by atoms with van der Waals surface area (Å²) in [4.78, 5) is 0. The van der Waals surface area contributed by atoms with Crippen LogP contribution in [0.3, 0.4) is 0 Å². The number of hydrogen-bond donors (Lipinski definition) is 1. The van der Waals surface area contributed by atoms with Gasteiger partial charge in [0.15, 0.2) is 0 Å². The molecule has 0 amide bonds. The van der Waals surface area contributed by atoms with Gasteiger partial charge >= 0.3 is 0 Å². The van der Waals surface area contributed by atoms with Crippen LogP contribution in [0.25, 0.3) is 0 Å². The number of anilines is 1. The summed E-state index contributed by atoms with van der Waals surface area (Å²) in [5, 5.41) is 2.85. The molecule has 112 valence electrons. The number of halogens is 3. The minimum absolute atomic E-state index is 0.0904. The Balaban J connectivity index is 2.18. The summed E-state index contributed by atoms with van der Waals surface area (Å²) >= 11 is 2.94. The maximum absolute atomic E-state index is 13.7. The van der Waals surface area contributed by atoms with Gasteiger partial charge in [-0.25, -0.2) is 8.78 Å². The maximum Gasteiger partial charge on any atom is 0.147 e. The largest absolute Gasteiger partial charge is 0.497 e. The van der Waals surface area contributed by atoms with Gasteiger partial charge in [-0.05, 0) is 34.1 Å². The molecule has 2 rings (SSSR count). The Morgan fingerprint density at radius 2 is 1.81 bits per heavy atom. The van der Waals surface area contributed by atoms with Gasteiger partial charge in [0.25, 0.3) is 0 Å². The van der Waals surface area contributed by atoms with Crippen molar-refractivity contribution >= 4 is 21.6 Å². The van der Waals surface area contributed by atoms with E-state index in [4.69, 9.17) is 9.47 Å². The van der Waals surface area contributed by atoms with Crippen molar-refractivity contribution in [3.63, 3.8) is 0 Å². The van der Waals surface area contributed by atoms with Crippen LogP contribution in [0.4, 0.5) is 14.5 Å². The Kier molecular flexibility index (Phi) is 5.01. The Labute approximate surface area is 130 Å². The fourth-order valence-electron chi connectivity index (χ4n) is 1.85. The number of methoxy groups -OCH3 is 2. The molecule has 0 aliphatic carbocycles. The summed E-state index contributed by atoms with van der Waals surface area (Å²) in [5.74, 6) is 0.215. The van der Waals surface area contributed by atoms with Crippen molar-refractivity contribution in [3.8, 4) is 11.5 Å². The number of ether oxygens (including phenoxy) is 2. The second kappa shape index (κ2) is 6.76. The average Bonchev–Trinajstić information content (AvgIpc) is 2.49. The van der Waals surface area contributed by atoms with Gasteiger partial charge in [-0.1, -0.05) is 0 Å². The van der Waals surface area contributed by atoms with Crippen molar-refractivity contribution in [1.82, 2.24) is 0 Å². The predicted molar refractivity (Wildman–Crippen MR) is 80.9 cm³/mol. The highest BCUT2D eigenvalue weighted by molar-refractivity contribution is 9.10. The maximum atomic E-state index is 13.7. The molecule has 0 saturated heterocycles. The topological polar surface area (TPSA) is 30.5 Å². The van der Waals surface area contributed by atoms with Gasteiger partial charge in [-0.2, -0.15) is 0 Å². The molecule has 6 heteroatoms. The van der Waals surface area contributed by atoms with Gasteiger partial charge in [0.1, 0.15) is 23.1 Å². The molecule has 2 aromatic rings. The van der Waals surface area contributed by atoms with Gasteiger partial charge in [0.2, 0.25) is 0 Å². The highest BCUT2D eigenvalue weighted by Gasteiger charge is 2.10. The van der Waals surface area contributed by atoms with Crippen LogP contribution in [0, 0.1) is 11.6 Å². The molecule has 0 aliphatic heterocycles. The van der Waals surface area contributed by atoms with Crippen molar-refractivity contribution in [3.05, 3.63) is 52.0 Å². The van der Waals surface area contributed by atoms with E-state index in [2.05, 4.69) is 21.2 Å². The lowest BCUT2D eigenvalue weighted by Crippen LogP contribution is -2.04. The Bertz CT molecular complexity index is 650. The van der Waals surface area contributed by atoms with Gasteiger partial charge in [-0.15, -0.1) is 0 Å². The van der Waals surface area contributed by atoms with E-state index < -0.39 is 11.6 Å². The van der Waals surface area contributed by atoms with Crippen molar-refractivity contribution in [1.29, 1.82) is 0 Å². The molecule has 0 saturated carbocycles. The van der Waals surface area contributed by atoms with Crippen LogP contribution in [-0.4, -0.2) is 14.2 Å². The zero-order valence-electron chi connectivity index (χ0n) is 11.5. The molecule has 0 atom stereocenters. The van der Waals surface area contributed by atoms with Crippen LogP contribution in [0.1, 0.15) is 5.56 Å². The molecule has 3 nitrogen and oxygen atoms in total. The first-order valence-corrected chi connectivity index (χ1v) is 6.93. The summed E-state index contributed by atoms with van der Waals surface area (Å²) < 4.78 is 37.6. The molecule has 0 bridgehead atoms. The van der Waals surface area contributed by atoms with Crippen molar-refractivity contribution < 1.29 is 18.3 Å². The van der Waals surface area contributed by atoms with Crippen LogP contribution >= 0.6 is 15.9 Å². The summed E-state index contributed by atoms with van der Waals surface area (Å²) in [6, 6.07) is 7.50. The summed E-state index contributed by atoms with van der Waals surface area (Å²) in [5.41, 5.74) is 0.898. The number of rotatable bonds is 5. The lowest BCUT2D eigenvalue weighted by molar-refractivity contribution is 0.391. The normalized spacial score (nSPS) is 10.3. The predicted octanol–water partition coefficient (Wildman–Crippen LogP) is 4.36. The monoisotopic (exact) mass is 357 g/mol. The third kappa shape index (κ3) is 3.64. The van der Waals surface area contributed by atoms with E-state index >= 15 is 0 Å². The fourth-order valence-corrected chi connectivity index (χ4v) is 2.16. The standard InChI is InChI=1S/C15H14BrF2NO2/c1-20-10-4-3-9(15(5-10)21-2)8-19-14-7-12(17)11(16)6-13(14)18/h3-7,19H,8H2,1-2H3. The van der Waals surface area contributed by atoms with Gasteiger partial charge in [0, 0.05) is 24.2 Å². The Morgan fingerprint density at radius 1 is 1.05 bits per heavy atom. The molecule has 2 aromatic carbocycles. The smallest absolute Gasteiger partial charge is 0.147 e. The molecule has 0 spiro atoms. The SMILES string of the molecule is COc1ccc(CNc2cc(F)c(Br)cc2F)c(OC)c1. The summed E-state index contributed by atoms with van der Waals surface area (Å²) in [6.07, 6.45) is 0. The van der Waals surface area contributed by atoms with Gasteiger partial charge in [-0.3, -0.25) is 0 Å². The quantitative estimate of drug-likeness (QED) is 0.806. The average molecular weight is 358 g/mol. The number of benzene rings is 2. The van der Waals surface area contributed by atoms with Crippen LogP contribution in [0.2, 0.25) is 0 Å². The van der Waals surface area contributed by atoms with E-state index in [0.29, 0.717) is 18.0 Å². The summed E-state index contributed by atoms with van der Waals surface area (Å²) in [7, 11) is 3.10. The molecule has 0 unspecified atom stereocenters. The van der Waals surface area contributed by atoms with Crippen molar-refractivity contribution in [2.75, 3.05) is 19.5 Å². The van der Waals surface area contributed by atoms with Crippen molar-refractivity contribution in [2.24, 2.45) is 0 Å². The zero-order chi connectivity index (χ0) is 15.4. The van der Waals surface area contributed by atoms with Crippen LogP contribution < -0.4 is 14.8 Å². The first kappa shape index (κ1) is 15.6. The van der Waals surface area contributed by atoms with Crippen molar-refractivity contribution in [2.45, 2.75) is 6.54 Å². The van der Waals surface area contributed by atoms with Gasteiger partial charge < -0.3 is 14.8 Å². The second-order valence-corrected chi connectivity index (χ2v) is 5.13. The molecular weight excluding hydrogens is 344 g/mol. The van der Waals surface area contributed by atoms with E-state index in [1.807, 2.05) is 0 Å². The van der Waals surface area contributed by atoms with Crippen LogP contribution in [-0.2, 0) is 6.54 Å². The van der Waals surface area contributed by atoms with E-state index in [1.54, 1.807) is 25.3 Å². The minimum atomic E-state index is -0.532. The van der Waals surface area contributed by atoms with Crippen LogP contribution in [0.5, 0.6) is 11.5 Å². The molecule has 0 heterocycles. The first-order valence-electron chi connectivity index (χ1n) is 6.14. The molecule has 0 radical (unpaired) electrons. The molecular formula is C15H14BrF2NO2. The highest BCUT2D eigenvalue weighted by Crippen LogP contribution is 2.27. The molecule has 1 N–H and O–H groups in total. The van der Waals surface area contributed by atoms with E-state index in [-0.39, 0.29) is 10.2 Å². The third-order valence-electron chi connectivity index (χ3n) is 2.97. The zero-order valence-corrected chi connectivity index (χ0v) is 13.1.